The molecule has 7 heteroatoms. The van der Waals surface area contributed by atoms with Gasteiger partial charge in [-0.2, -0.15) is 5.26 Å². The van der Waals surface area contributed by atoms with E-state index in [1.165, 1.54) is 18.3 Å². The maximum atomic E-state index is 9.75. The van der Waals surface area contributed by atoms with Gasteiger partial charge in [-0.3, -0.25) is 4.98 Å². The summed E-state index contributed by atoms with van der Waals surface area (Å²) in [7, 11) is 0. The highest BCUT2D eigenvalue weighted by molar-refractivity contribution is 5.29. The van der Waals surface area contributed by atoms with Gasteiger partial charge in [0.05, 0.1) is 23.4 Å². The summed E-state index contributed by atoms with van der Waals surface area (Å²) in [5.74, 6) is 0. The molecule has 2 atom stereocenters. The van der Waals surface area contributed by atoms with Gasteiger partial charge in [0, 0.05) is 17.7 Å². The maximum Gasteiger partial charge on any atom is 0.122 e. The number of aromatic nitrogens is 1. The maximum absolute atomic E-state index is 9.75. The first-order valence-corrected chi connectivity index (χ1v) is 4.92. The van der Waals surface area contributed by atoms with Crippen LogP contribution in [0.4, 0.5) is 0 Å². The van der Waals surface area contributed by atoms with E-state index in [-0.39, 0.29) is 18.7 Å². The molecular weight excluding hydrogens is 222 g/mol. The lowest BCUT2D eigenvalue weighted by Gasteiger charge is -2.16. The molecule has 7 nitrogen and oxygen atoms in total. The van der Waals surface area contributed by atoms with Crippen molar-refractivity contribution in [2.75, 3.05) is 6.54 Å². The predicted molar refractivity (Wildman–Crippen MR) is 58.5 cm³/mol. The molecule has 0 saturated carbocycles. The van der Waals surface area contributed by atoms with Crippen LogP contribution >= 0.6 is 0 Å². The van der Waals surface area contributed by atoms with E-state index in [2.05, 4.69) is 15.0 Å². The van der Waals surface area contributed by atoms with Crippen LogP contribution < -0.4 is 0 Å². The second-order valence-electron chi connectivity index (χ2n) is 3.34. The summed E-state index contributed by atoms with van der Waals surface area (Å²) in [6.07, 6.45) is -0.764. The molecule has 0 aromatic carbocycles. The van der Waals surface area contributed by atoms with Crippen molar-refractivity contribution >= 4 is 0 Å². The number of pyridine rings is 1. The van der Waals surface area contributed by atoms with E-state index >= 15 is 0 Å². The molecule has 0 saturated heterocycles. The molecule has 1 rings (SSSR count). The fourth-order valence-electron chi connectivity index (χ4n) is 1.27. The van der Waals surface area contributed by atoms with Crippen molar-refractivity contribution < 1.29 is 10.2 Å². The van der Waals surface area contributed by atoms with Gasteiger partial charge in [-0.15, -0.1) is 0 Å². The number of nitrogens with zero attached hydrogens (tertiary/aromatic N) is 5. The summed E-state index contributed by atoms with van der Waals surface area (Å²) < 4.78 is 0. The van der Waals surface area contributed by atoms with Crippen LogP contribution in [0, 0.1) is 11.3 Å². The van der Waals surface area contributed by atoms with Gasteiger partial charge in [0.25, 0.3) is 0 Å². The molecule has 17 heavy (non-hydrogen) atoms. The molecule has 0 bridgehead atoms. The Hall–Kier alpha value is -2.13. The SMILES string of the molecule is N#Cc1ccnc(C(O)C(O)CCN=[N+]=[N-])c1. The minimum Gasteiger partial charge on any atom is -0.390 e. The number of azide groups is 1. The normalized spacial score (nSPS) is 13.2. The number of nitriles is 1. The van der Waals surface area contributed by atoms with Gasteiger partial charge in [0.2, 0.25) is 0 Å². The van der Waals surface area contributed by atoms with Crippen LogP contribution in [-0.4, -0.2) is 27.8 Å². The van der Waals surface area contributed by atoms with Crippen molar-refractivity contribution in [2.45, 2.75) is 18.6 Å². The minimum atomic E-state index is -1.20. The second kappa shape index (κ2) is 6.45. The minimum absolute atomic E-state index is 0.0899. The van der Waals surface area contributed by atoms with Crippen LogP contribution in [0.5, 0.6) is 0 Å². The summed E-state index contributed by atoms with van der Waals surface area (Å²) in [4.78, 5) is 6.41. The van der Waals surface area contributed by atoms with Crippen LogP contribution in [-0.2, 0) is 0 Å². The number of hydrogen-bond donors (Lipinski definition) is 2. The molecule has 0 aliphatic heterocycles. The molecule has 1 aromatic rings. The van der Waals surface area contributed by atoms with E-state index in [0.29, 0.717) is 5.56 Å². The molecule has 2 N–H and O–H groups in total. The average Bonchev–Trinajstić information content (AvgIpc) is 2.38. The average molecular weight is 233 g/mol. The Morgan fingerprint density at radius 3 is 3.00 bits per heavy atom. The molecule has 0 radical (unpaired) electrons. The lowest BCUT2D eigenvalue weighted by molar-refractivity contribution is 0.0125. The zero-order valence-corrected chi connectivity index (χ0v) is 8.93. The van der Waals surface area contributed by atoms with Crippen molar-refractivity contribution in [1.29, 1.82) is 5.26 Å². The second-order valence-corrected chi connectivity index (χ2v) is 3.34. The van der Waals surface area contributed by atoms with E-state index in [4.69, 9.17) is 10.8 Å². The summed E-state index contributed by atoms with van der Waals surface area (Å²) in [5.41, 5.74) is 8.65. The van der Waals surface area contributed by atoms with Gasteiger partial charge in [0.15, 0.2) is 0 Å². The summed E-state index contributed by atoms with van der Waals surface area (Å²) in [6, 6.07) is 4.82. The molecule has 0 spiro atoms. The topological polar surface area (TPSA) is 126 Å². The van der Waals surface area contributed by atoms with Crippen LogP contribution in [0.1, 0.15) is 23.8 Å². The zero-order chi connectivity index (χ0) is 12.7. The molecule has 0 fully saturated rings. The quantitative estimate of drug-likeness (QED) is 0.447. The lowest BCUT2D eigenvalue weighted by atomic mass is 10.1. The van der Waals surface area contributed by atoms with Crippen molar-refractivity contribution in [3.8, 4) is 6.07 Å². The molecule has 1 aromatic heterocycles. The molecule has 1 heterocycles. The highest BCUT2D eigenvalue weighted by Gasteiger charge is 2.19. The van der Waals surface area contributed by atoms with Crippen LogP contribution in [0.15, 0.2) is 23.4 Å². The third-order valence-electron chi connectivity index (χ3n) is 2.17. The Labute approximate surface area is 97.6 Å². The van der Waals surface area contributed by atoms with E-state index in [1.807, 2.05) is 6.07 Å². The van der Waals surface area contributed by atoms with Crippen LogP contribution in [0.25, 0.3) is 10.4 Å². The molecular formula is C10H11N5O2. The van der Waals surface area contributed by atoms with Gasteiger partial charge < -0.3 is 10.2 Å². The Morgan fingerprint density at radius 1 is 1.59 bits per heavy atom. The zero-order valence-electron chi connectivity index (χ0n) is 8.93. The van der Waals surface area contributed by atoms with Crippen molar-refractivity contribution in [3.63, 3.8) is 0 Å². The Balaban J connectivity index is 2.70. The highest BCUT2D eigenvalue weighted by atomic mass is 16.3. The smallest absolute Gasteiger partial charge is 0.122 e. The first-order valence-electron chi connectivity index (χ1n) is 4.92. The Kier molecular flexibility index (Phi) is 4.91. The fourth-order valence-corrected chi connectivity index (χ4v) is 1.27. The standard InChI is InChI=1S/C10H11N5O2/c11-6-7-1-3-13-8(5-7)10(17)9(16)2-4-14-15-12/h1,3,5,9-10,16-17H,2,4H2. The lowest BCUT2D eigenvalue weighted by Crippen LogP contribution is -2.20. The van der Waals surface area contributed by atoms with Gasteiger partial charge in [0.1, 0.15) is 6.10 Å². The van der Waals surface area contributed by atoms with Gasteiger partial charge in [-0.05, 0) is 24.1 Å². The molecule has 0 amide bonds. The predicted octanol–water partition coefficient (Wildman–Crippen LogP) is 1.05. The van der Waals surface area contributed by atoms with Gasteiger partial charge >= 0.3 is 0 Å². The largest absolute Gasteiger partial charge is 0.390 e. The Bertz CT molecular complexity index is 464. The van der Waals surface area contributed by atoms with E-state index < -0.39 is 12.2 Å². The monoisotopic (exact) mass is 233 g/mol. The molecule has 0 aliphatic rings. The van der Waals surface area contributed by atoms with Gasteiger partial charge in [-0.25, -0.2) is 0 Å². The number of hydrogen-bond acceptors (Lipinski definition) is 5. The van der Waals surface area contributed by atoms with Gasteiger partial charge in [-0.1, -0.05) is 5.11 Å². The summed E-state index contributed by atoms with van der Waals surface area (Å²) in [6.45, 7) is 0.0899. The summed E-state index contributed by atoms with van der Waals surface area (Å²) in [5, 5.41) is 31.3. The van der Waals surface area contributed by atoms with Crippen molar-refractivity contribution in [2.24, 2.45) is 5.11 Å². The van der Waals surface area contributed by atoms with Crippen molar-refractivity contribution in [1.82, 2.24) is 4.98 Å². The number of rotatable bonds is 5. The molecule has 0 aliphatic carbocycles. The third-order valence-corrected chi connectivity index (χ3v) is 2.17. The van der Waals surface area contributed by atoms with Crippen molar-refractivity contribution in [3.05, 3.63) is 40.0 Å². The fraction of sp³-hybridized carbons (Fsp3) is 0.400. The summed E-state index contributed by atoms with van der Waals surface area (Å²) >= 11 is 0. The molecule has 2 unspecified atom stereocenters. The highest BCUT2D eigenvalue weighted by Crippen LogP contribution is 2.17. The Morgan fingerprint density at radius 2 is 2.35 bits per heavy atom. The van der Waals surface area contributed by atoms with Crippen LogP contribution in [0.3, 0.4) is 0 Å². The number of aliphatic hydroxyl groups is 2. The molecule has 88 valence electrons. The number of aliphatic hydroxyl groups excluding tert-OH is 2. The van der Waals surface area contributed by atoms with E-state index in [1.54, 1.807) is 0 Å². The first kappa shape index (κ1) is 12.9. The third kappa shape index (κ3) is 3.74. The van der Waals surface area contributed by atoms with E-state index in [0.717, 1.165) is 0 Å². The van der Waals surface area contributed by atoms with Crippen LogP contribution in [0.2, 0.25) is 0 Å². The van der Waals surface area contributed by atoms with E-state index in [9.17, 15) is 10.2 Å². The first-order chi connectivity index (χ1) is 8.19.